The van der Waals surface area contributed by atoms with Gasteiger partial charge >= 0.3 is 11.9 Å². The summed E-state index contributed by atoms with van der Waals surface area (Å²) < 4.78 is 11.6. The van der Waals surface area contributed by atoms with Crippen LogP contribution in [0.15, 0.2) is 24.3 Å². The van der Waals surface area contributed by atoms with Crippen LogP contribution in [0, 0.1) is 0 Å². The molecule has 1 aromatic carbocycles. The average molecular weight is 366 g/mol. The maximum Gasteiger partial charge on any atom is 0.360 e. The van der Waals surface area contributed by atoms with E-state index >= 15 is 0 Å². The van der Waals surface area contributed by atoms with Crippen LogP contribution in [0.4, 0.5) is 5.82 Å². The van der Waals surface area contributed by atoms with Crippen molar-refractivity contribution >= 4 is 29.4 Å². The van der Waals surface area contributed by atoms with Gasteiger partial charge in [0.1, 0.15) is 11.4 Å². The number of hydrogen-bond donors (Lipinski definition) is 1. The van der Waals surface area contributed by atoms with Gasteiger partial charge in [0.25, 0.3) is 0 Å². The van der Waals surface area contributed by atoms with E-state index in [-0.39, 0.29) is 29.3 Å². The Kier molecular flexibility index (Phi) is 5.69. The second-order valence-corrected chi connectivity index (χ2v) is 6.34. The molecule has 0 spiro atoms. The Morgan fingerprint density at radius 2 is 1.56 bits per heavy atom. The van der Waals surface area contributed by atoms with E-state index in [4.69, 9.17) is 26.8 Å². The highest BCUT2D eigenvalue weighted by Gasteiger charge is 2.30. The number of carbonyl (C=O) groups is 2. The summed E-state index contributed by atoms with van der Waals surface area (Å²) in [4.78, 5) is 24.7. The number of anilines is 1. The summed E-state index contributed by atoms with van der Waals surface area (Å²) in [5, 5.41) is 4.70. The van der Waals surface area contributed by atoms with Crippen LogP contribution in [0.1, 0.15) is 48.5 Å². The zero-order valence-corrected chi connectivity index (χ0v) is 15.2. The number of aromatic nitrogens is 2. The van der Waals surface area contributed by atoms with Gasteiger partial charge in [0.05, 0.1) is 17.9 Å². The maximum atomic E-state index is 12.4. The van der Waals surface area contributed by atoms with Gasteiger partial charge in [0, 0.05) is 5.02 Å². The molecule has 0 amide bonds. The molecular formula is C17H20ClN3O4. The van der Waals surface area contributed by atoms with Crippen LogP contribution in [0.3, 0.4) is 0 Å². The van der Waals surface area contributed by atoms with Gasteiger partial charge in [-0.25, -0.2) is 14.3 Å². The van der Waals surface area contributed by atoms with Crippen molar-refractivity contribution in [3.8, 4) is 5.69 Å². The molecule has 0 aliphatic heterocycles. The highest BCUT2D eigenvalue weighted by atomic mass is 35.5. The van der Waals surface area contributed by atoms with Crippen molar-refractivity contribution in [1.82, 2.24) is 9.78 Å². The van der Waals surface area contributed by atoms with Crippen LogP contribution in [0.5, 0.6) is 0 Å². The predicted molar refractivity (Wildman–Crippen MR) is 94.1 cm³/mol. The molecule has 0 saturated carbocycles. The molecule has 25 heavy (non-hydrogen) atoms. The number of esters is 2. The summed E-state index contributed by atoms with van der Waals surface area (Å²) in [5.74, 6) is -1.49. The van der Waals surface area contributed by atoms with E-state index < -0.39 is 11.9 Å². The summed E-state index contributed by atoms with van der Waals surface area (Å²) in [6, 6.07) is 6.63. The van der Waals surface area contributed by atoms with Gasteiger partial charge in [-0.1, -0.05) is 11.6 Å². The van der Waals surface area contributed by atoms with Gasteiger partial charge in [-0.15, -0.1) is 0 Å². The number of hydrogen-bond acceptors (Lipinski definition) is 6. The van der Waals surface area contributed by atoms with E-state index in [1.807, 2.05) is 0 Å². The Labute approximate surface area is 150 Å². The lowest BCUT2D eigenvalue weighted by Gasteiger charge is -2.09. The number of nitrogens with zero attached hydrogens (tertiary/aromatic N) is 2. The van der Waals surface area contributed by atoms with Crippen molar-refractivity contribution in [1.29, 1.82) is 0 Å². The molecule has 7 nitrogen and oxygen atoms in total. The molecule has 0 bridgehead atoms. The van der Waals surface area contributed by atoms with Gasteiger partial charge in [0.15, 0.2) is 5.69 Å². The first kappa shape index (κ1) is 18.8. The second kappa shape index (κ2) is 7.57. The summed E-state index contributed by atoms with van der Waals surface area (Å²) >= 11 is 5.88. The Balaban J connectivity index is 2.56. The molecule has 0 aliphatic carbocycles. The van der Waals surface area contributed by atoms with Crippen LogP contribution in [-0.4, -0.2) is 33.9 Å². The summed E-state index contributed by atoms with van der Waals surface area (Å²) in [6.45, 7) is 6.79. The van der Waals surface area contributed by atoms with E-state index in [0.29, 0.717) is 10.7 Å². The molecule has 0 atom stereocenters. The lowest BCUT2D eigenvalue weighted by atomic mass is 10.2. The molecule has 1 aromatic heterocycles. The summed E-state index contributed by atoms with van der Waals surface area (Å²) in [6.07, 6.45) is -0.747. The lowest BCUT2D eigenvalue weighted by Crippen LogP contribution is -2.19. The SMILES string of the molecule is CC(C)OC(=O)c1nn(-c2ccc(Cl)cc2)c(N)c1C(=O)OC(C)C. The zero-order valence-electron chi connectivity index (χ0n) is 14.4. The van der Waals surface area contributed by atoms with Crippen molar-refractivity contribution in [3.05, 3.63) is 40.5 Å². The predicted octanol–water partition coefficient (Wildman–Crippen LogP) is 3.24. The second-order valence-electron chi connectivity index (χ2n) is 5.91. The molecule has 2 aromatic rings. The molecule has 0 radical (unpaired) electrons. The topological polar surface area (TPSA) is 96.4 Å². The summed E-state index contributed by atoms with van der Waals surface area (Å²) in [5.41, 5.74) is 6.32. The van der Waals surface area contributed by atoms with Gasteiger partial charge in [0.2, 0.25) is 0 Å². The van der Waals surface area contributed by atoms with Crippen LogP contribution in [0.25, 0.3) is 5.69 Å². The number of nitrogens with two attached hydrogens (primary N) is 1. The first-order valence-electron chi connectivity index (χ1n) is 7.77. The minimum Gasteiger partial charge on any atom is -0.459 e. The van der Waals surface area contributed by atoms with Gasteiger partial charge in [-0.3, -0.25) is 0 Å². The van der Waals surface area contributed by atoms with Crippen molar-refractivity contribution in [2.24, 2.45) is 0 Å². The van der Waals surface area contributed by atoms with Crippen molar-refractivity contribution in [2.75, 3.05) is 5.73 Å². The monoisotopic (exact) mass is 365 g/mol. The van der Waals surface area contributed by atoms with Gasteiger partial charge < -0.3 is 15.2 Å². The van der Waals surface area contributed by atoms with Gasteiger partial charge in [-0.05, 0) is 52.0 Å². The number of benzene rings is 1. The highest BCUT2D eigenvalue weighted by Crippen LogP contribution is 2.24. The first-order valence-corrected chi connectivity index (χ1v) is 8.15. The first-order chi connectivity index (χ1) is 11.7. The summed E-state index contributed by atoms with van der Waals surface area (Å²) in [7, 11) is 0. The largest absolute Gasteiger partial charge is 0.459 e. The molecule has 0 aliphatic rings. The molecule has 0 saturated heterocycles. The molecule has 2 N–H and O–H groups in total. The zero-order chi connectivity index (χ0) is 18.7. The number of ether oxygens (including phenoxy) is 2. The quantitative estimate of drug-likeness (QED) is 0.817. The lowest BCUT2D eigenvalue weighted by molar-refractivity contribution is 0.0325. The van der Waals surface area contributed by atoms with E-state index in [1.165, 1.54) is 4.68 Å². The van der Waals surface area contributed by atoms with E-state index in [2.05, 4.69) is 5.10 Å². The van der Waals surface area contributed by atoms with E-state index in [9.17, 15) is 9.59 Å². The molecule has 8 heteroatoms. The highest BCUT2D eigenvalue weighted by molar-refractivity contribution is 6.30. The smallest absolute Gasteiger partial charge is 0.360 e. The molecule has 1 heterocycles. The Bertz CT molecular complexity index is 782. The average Bonchev–Trinajstić information content (AvgIpc) is 2.84. The number of halogens is 1. The van der Waals surface area contributed by atoms with E-state index in [0.717, 1.165) is 0 Å². The third-order valence-electron chi connectivity index (χ3n) is 3.08. The minimum absolute atomic E-state index is 0.0105. The molecule has 2 rings (SSSR count). The van der Waals surface area contributed by atoms with Gasteiger partial charge in [-0.2, -0.15) is 5.10 Å². The van der Waals surface area contributed by atoms with Crippen LogP contribution >= 0.6 is 11.6 Å². The molecule has 134 valence electrons. The fourth-order valence-electron chi connectivity index (χ4n) is 2.10. The Morgan fingerprint density at radius 1 is 1.04 bits per heavy atom. The van der Waals surface area contributed by atoms with Crippen molar-refractivity contribution in [2.45, 2.75) is 39.9 Å². The fourth-order valence-corrected chi connectivity index (χ4v) is 2.22. The van der Waals surface area contributed by atoms with Crippen LogP contribution < -0.4 is 5.73 Å². The third-order valence-corrected chi connectivity index (χ3v) is 3.33. The Hall–Kier alpha value is -2.54. The Morgan fingerprint density at radius 3 is 2.08 bits per heavy atom. The maximum absolute atomic E-state index is 12.4. The molecule has 0 fully saturated rings. The van der Waals surface area contributed by atoms with Crippen molar-refractivity contribution < 1.29 is 19.1 Å². The normalized spacial score (nSPS) is 11.0. The molecular weight excluding hydrogens is 346 g/mol. The minimum atomic E-state index is -0.745. The van der Waals surface area contributed by atoms with Crippen LogP contribution in [0.2, 0.25) is 5.02 Å². The number of carbonyl (C=O) groups excluding carboxylic acids is 2. The fraction of sp³-hybridized carbons (Fsp3) is 0.353. The third kappa shape index (κ3) is 4.30. The number of nitrogen functional groups attached to an aromatic ring is 1. The standard InChI is InChI=1S/C17H20ClN3O4/c1-9(2)24-16(22)13-14(17(23)25-10(3)4)20-21(15(13)19)12-7-5-11(18)6-8-12/h5-10H,19H2,1-4H3. The van der Waals surface area contributed by atoms with E-state index in [1.54, 1.807) is 52.0 Å². The van der Waals surface area contributed by atoms with Crippen LogP contribution in [-0.2, 0) is 9.47 Å². The van der Waals surface area contributed by atoms with Crippen molar-refractivity contribution in [3.63, 3.8) is 0 Å². The molecule has 0 unspecified atom stereocenters. The number of rotatable bonds is 5.